The number of ether oxygens (including phenoxy) is 1. The molecule has 2 aromatic heterocycles. The fourth-order valence-electron chi connectivity index (χ4n) is 3.93. The van der Waals surface area contributed by atoms with Gasteiger partial charge in [0.05, 0.1) is 13.2 Å². The van der Waals surface area contributed by atoms with Gasteiger partial charge in [0.1, 0.15) is 0 Å². The second-order valence-corrected chi connectivity index (χ2v) is 7.95. The molecule has 2 saturated heterocycles. The zero-order valence-electron chi connectivity index (χ0n) is 13.9. The van der Waals surface area contributed by atoms with Crippen LogP contribution in [0.4, 0.5) is 5.95 Å². The topological polar surface area (TPSA) is 41.5 Å². The van der Waals surface area contributed by atoms with Gasteiger partial charge in [0, 0.05) is 48.9 Å². The van der Waals surface area contributed by atoms with E-state index < -0.39 is 0 Å². The van der Waals surface area contributed by atoms with Crippen LogP contribution in [-0.2, 0) is 11.3 Å². The molecule has 0 aliphatic carbocycles. The normalized spacial score (nSPS) is 25.8. The van der Waals surface area contributed by atoms with Gasteiger partial charge in [-0.05, 0) is 36.9 Å². The van der Waals surface area contributed by atoms with Crippen molar-refractivity contribution in [1.29, 1.82) is 0 Å². The third kappa shape index (κ3) is 3.61. The van der Waals surface area contributed by atoms with E-state index in [1.54, 1.807) is 0 Å². The Morgan fingerprint density at radius 3 is 2.92 bits per heavy atom. The van der Waals surface area contributed by atoms with E-state index in [9.17, 15) is 0 Å². The summed E-state index contributed by atoms with van der Waals surface area (Å²) in [5.41, 5.74) is 0.186. The molecular formula is C18H24N4OS. The van der Waals surface area contributed by atoms with Crippen molar-refractivity contribution in [2.75, 3.05) is 44.3 Å². The zero-order chi connectivity index (χ0) is 16.2. The Labute approximate surface area is 147 Å². The number of hydrogen-bond donors (Lipinski definition) is 0. The van der Waals surface area contributed by atoms with Gasteiger partial charge in [-0.15, -0.1) is 11.3 Å². The predicted octanol–water partition coefficient (Wildman–Crippen LogP) is 2.66. The Balaban J connectivity index is 1.49. The molecule has 128 valence electrons. The van der Waals surface area contributed by atoms with E-state index in [0.717, 1.165) is 45.3 Å². The van der Waals surface area contributed by atoms with Crippen molar-refractivity contribution in [2.45, 2.75) is 19.4 Å². The number of likely N-dealkylation sites (tertiary alicyclic amines) is 1. The standard InChI is InChI=1S/C18H24N4OS/c1-4-16(24-11-1)12-21-8-2-5-18(13-21)14-22(9-10-23-15-18)17-19-6-3-7-20-17/h1,3-4,6-7,11H,2,5,8-10,12-15H2/t18-/m1/s1. The third-order valence-corrected chi connectivity index (χ3v) is 5.84. The lowest BCUT2D eigenvalue weighted by Crippen LogP contribution is -2.50. The van der Waals surface area contributed by atoms with Crippen molar-refractivity contribution in [1.82, 2.24) is 14.9 Å². The summed E-state index contributed by atoms with van der Waals surface area (Å²) in [4.78, 5) is 15.2. The number of hydrogen-bond acceptors (Lipinski definition) is 6. The van der Waals surface area contributed by atoms with E-state index in [4.69, 9.17) is 4.74 Å². The summed E-state index contributed by atoms with van der Waals surface area (Å²) in [6.07, 6.45) is 6.10. The van der Waals surface area contributed by atoms with Crippen LogP contribution in [-0.4, -0.2) is 54.3 Å². The highest BCUT2D eigenvalue weighted by Crippen LogP contribution is 2.34. The maximum absolute atomic E-state index is 6.00. The molecule has 2 aromatic rings. The van der Waals surface area contributed by atoms with E-state index in [-0.39, 0.29) is 5.41 Å². The molecule has 0 aromatic carbocycles. The van der Waals surface area contributed by atoms with Crippen LogP contribution in [0.25, 0.3) is 0 Å². The summed E-state index contributed by atoms with van der Waals surface area (Å²) in [6, 6.07) is 6.25. The first-order valence-electron chi connectivity index (χ1n) is 8.68. The van der Waals surface area contributed by atoms with Crippen molar-refractivity contribution < 1.29 is 4.74 Å². The summed E-state index contributed by atoms with van der Waals surface area (Å²) in [5.74, 6) is 0.831. The number of nitrogens with zero attached hydrogens (tertiary/aromatic N) is 4. The molecule has 4 heterocycles. The Hall–Kier alpha value is -1.50. The highest BCUT2D eigenvalue weighted by Gasteiger charge is 2.39. The maximum Gasteiger partial charge on any atom is 0.225 e. The van der Waals surface area contributed by atoms with Gasteiger partial charge in [-0.25, -0.2) is 9.97 Å². The van der Waals surface area contributed by atoms with Crippen LogP contribution in [0.5, 0.6) is 0 Å². The average molecular weight is 344 g/mol. The highest BCUT2D eigenvalue weighted by molar-refractivity contribution is 7.09. The molecule has 0 N–H and O–H groups in total. The van der Waals surface area contributed by atoms with Gasteiger partial charge in [0.2, 0.25) is 5.95 Å². The fourth-order valence-corrected chi connectivity index (χ4v) is 4.68. The highest BCUT2D eigenvalue weighted by atomic mass is 32.1. The quantitative estimate of drug-likeness (QED) is 0.856. The number of piperidine rings is 1. The van der Waals surface area contributed by atoms with Crippen LogP contribution in [0.1, 0.15) is 17.7 Å². The molecule has 0 bridgehead atoms. The van der Waals surface area contributed by atoms with Crippen LogP contribution < -0.4 is 4.90 Å². The largest absolute Gasteiger partial charge is 0.379 e. The van der Waals surface area contributed by atoms with Crippen LogP contribution in [0, 0.1) is 5.41 Å². The molecular weight excluding hydrogens is 320 g/mol. The molecule has 4 rings (SSSR count). The smallest absolute Gasteiger partial charge is 0.225 e. The van der Waals surface area contributed by atoms with E-state index in [1.807, 2.05) is 29.8 Å². The lowest BCUT2D eigenvalue weighted by atomic mass is 9.80. The molecule has 1 spiro atoms. The summed E-state index contributed by atoms with van der Waals surface area (Å²) in [5, 5.41) is 2.16. The van der Waals surface area contributed by atoms with Crippen molar-refractivity contribution in [3.05, 3.63) is 40.8 Å². The lowest BCUT2D eigenvalue weighted by molar-refractivity contribution is 0.0109. The predicted molar refractivity (Wildman–Crippen MR) is 96.3 cm³/mol. The van der Waals surface area contributed by atoms with Crippen LogP contribution in [0.15, 0.2) is 36.0 Å². The van der Waals surface area contributed by atoms with E-state index in [2.05, 4.69) is 37.3 Å². The van der Waals surface area contributed by atoms with Gasteiger partial charge in [-0.2, -0.15) is 0 Å². The van der Waals surface area contributed by atoms with E-state index in [1.165, 1.54) is 24.3 Å². The average Bonchev–Trinajstić information content (AvgIpc) is 3.03. The molecule has 6 heteroatoms. The molecule has 1 atom stereocenters. The Bertz CT molecular complexity index is 636. The Morgan fingerprint density at radius 2 is 2.08 bits per heavy atom. The van der Waals surface area contributed by atoms with E-state index in [0.29, 0.717) is 0 Å². The monoisotopic (exact) mass is 344 g/mol. The summed E-state index contributed by atoms with van der Waals surface area (Å²) in [6.45, 7) is 6.79. The Morgan fingerprint density at radius 1 is 1.17 bits per heavy atom. The second kappa shape index (κ2) is 7.17. The Kier molecular flexibility index (Phi) is 4.78. The molecule has 2 aliphatic rings. The maximum atomic E-state index is 6.00. The van der Waals surface area contributed by atoms with Crippen molar-refractivity contribution in [2.24, 2.45) is 5.41 Å². The van der Waals surface area contributed by atoms with Crippen molar-refractivity contribution in [3.8, 4) is 0 Å². The molecule has 2 aliphatic heterocycles. The minimum absolute atomic E-state index is 0.186. The van der Waals surface area contributed by atoms with Gasteiger partial charge < -0.3 is 9.64 Å². The number of anilines is 1. The van der Waals surface area contributed by atoms with Crippen LogP contribution >= 0.6 is 11.3 Å². The first kappa shape index (κ1) is 16.0. The minimum atomic E-state index is 0.186. The molecule has 0 unspecified atom stereocenters. The van der Waals surface area contributed by atoms with Gasteiger partial charge in [0.25, 0.3) is 0 Å². The lowest BCUT2D eigenvalue weighted by Gasteiger charge is -2.43. The van der Waals surface area contributed by atoms with Gasteiger partial charge in [0.15, 0.2) is 0 Å². The first-order chi connectivity index (χ1) is 11.8. The van der Waals surface area contributed by atoms with Gasteiger partial charge >= 0.3 is 0 Å². The molecule has 5 nitrogen and oxygen atoms in total. The molecule has 24 heavy (non-hydrogen) atoms. The van der Waals surface area contributed by atoms with Crippen LogP contribution in [0.2, 0.25) is 0 Å². The summed E-state index contributed by atoms with van der Waals surface area (Å²) in [7, 11) is 0. The molecule has 0 saturated carbocycles. The summed E-state index contributed by atoms with van der Waals surface area (Å²) >= 11 is 1.85. The number of rotatable bonds is 3. The van der Waals surface area contributed by atoms with Crippen LogP contribution in [0.3, 0.4) is 0 Å². The second-order valence-electron chi connectivity index (χ2n) is 6.92. The van der Waals surface area contributed by atoms with Crippen molar-refractivity contribution >= 4 is 17.3 Å². The summed E-state index contributed by atoms with van der Waals surface area (Å²) < 4.78 is 6.00. The molecule has 0 amide bonds. The van der Waals surface area contributed by atoms with Gasteiger partial charge in [-0.3, -0.25) is 4.90 Å². The zero-order valence-corrected chi connectivity index (χ0v) is 14.7. The molecule has 2 fully saturated rings. The SMILES string of the molecule is c1cnc(N2CCOC[C@@]3(CCCN(Cc4cccs4)C3)C2)nc1. The number of aromatic nitrogens is 2. The van der Waals surface area contributed by atoms with Crippen molar-refractivity contribution in [3.63, 3.8) is 0 Å². The first-order valence-corrected chi connectivity index (χ1v) is 9.55. The fraction of sp³-hybridized carbons (Fsp3) is 0.556. The van der Waals surface area contributed by atoms with E-state index >= 15 is 0 Å². The van der Waals surface area contributed by atoms with Gasteiger partial charge in [-0.1, -0.05) is 6.07 Å². The number of thiophene rings is 1. The molecule has 0 radical (unpaired) electrons. The third-order valence-electron chi connectivity index (χ3n) is 4.98. The minimum Gasteiger partial charge on any atom is -0.379 e.